The van der Waals surface area contributed by atoms with Gasteiger partial charge in [-0.1, -0.05) is 0 Å². The number of nitrogens with zero attached hydrogens (tertiary/aromatic N) is 6. The topological polar surface area (TPSA) is 154 Å². The molecule has 9 rings (SSSR count). The third kappa shape index (κ3) is 7.51. The van der Waals surface area contributed by atoms with Crippen molar-refractivity contribution in [1.29, 1.82) is 0 Å². The van der Waals surface area contributed by atoms with Gasteiger partial charge in [-0.25, -0.2) is 4.98 Å². The van der Waals surface area contributed by atoms with Crippen LogP contribution in [0.15, 0.2) is 60.7 Å². The lowest BCUT2D eigenvalue weighted by atomic mass is 9.95. The molecule has 4 saturated heterocycles. The Morgan fingerprint density at radius 1 is 0.789 bits per heavy atom. The highest BCUT2D eigenvalue weighted by atomic mass is 16.2. The zero-order valence-corrected chi connectivity index (χ0v) is 32.3. The van der Waals surface area contributed by atoms with E-state index in [2.05, 4.69) is 42.1 Å². The van der Waals surface area contributed by atoms with E-state index in [0.29, 0.717) is 28.7 Å². The van der Waals surface area contributed by atoms with Crippen LogP contribution in [0.5, 0.6) is 0 Å². The molecule has 2 atom stereocenters. The highest BCUT2D eigenvalue weighted by Gasteiger charge is 2.45. The Balaban J connectivity index is 0.729. The minimum atomic E-state index is -0.966. The first kappa shape index (κ1) is 37.0. The lowest BCUT2D eigenvalue weighted by Gasteiger charge is -2.40. The predicted molar refractivity (Wildman–Crippen MR) is 216 cm³/mol. The van der Waals surface area contributed by atoms with Crippen molar-refractivity contribution in [1.82, 2.24) is 30.0 Å². The molecule has 5 amide bonds. The standard InChI is InChI=1S/C43H49N9O5/c1-27-3-2-16-51(27)26-38-45-35-11-6-30(23-36(35)46-38)44-40(54)29-4-7-31(8-5-29)49-17-14-28(15-18-49)25-48-19-21-50(22-20-48)32-9-10-33-34(24-32)43(57)52(42(33)56)37-12-13-39(53)47-41(37)55/h4-11,23-24,27-28,37H,2-3,12-22,25-26H2,1H3,(H,44,54)(H,45,46)(H,47,53,55)/t27-,37?/m0/s1. The SMILES string of the molecule is C[C@H]1CCCN1Cc1nc2cc(NC(=O)c3ccc(N4CCC(CN5CCN(c6ccc7c(c6)C(=O)N(C6CCC(=O)NC6=O)C7=O)CC5)CC4)cc3)ccc2[nH]1. The van der Waals surface area contributed by atoms with Crippen LogP contribution in [0.2, 0.25) is 0 Å². The number of rotatable bonds is 9. The van der Waals surface area contributed by atoms with Gasteiger partial charge in [0.2, 0.25) is 11.8 Å². The molecule has 3 aromatic carbocycles. The molecule has 0 aliphatic carbocycles. The van der Waals surface area contributed by atoms with Crippen molar-refractivity contribution in [2.75, 3.05) is 67.5 Å². The van der Waals surface area contributed by atoms with Crippen molar-refractivity contribution in [3.05, 3.63) is 83.2 Å². The van der Waals surface area contributed by atoms with Crippen molar-refractivity contribution < 1.29 is 24.0 Å². The molecular formula is C43H49N9O5. The highest BCUT2D eigenvalue weighted by molar-refractivity contribution is 6.23. The second kappa shape index (κ2) is 15.4. The fourth-order valence-electron chi connectivity index (χ4n) is 9.24. The molecule has 296 valence electrons. The number of benzene rings is 3. The minimum absolute atomic E-state index is 0.0972. The molecule has 6 heterocycles. The number of piperidine rings is 2. The number of nitrogens with one attached hydrogen (secondary N) is 3. The van der Waals surface area contributed by atoms with E-state index < -0.39 is 23.8 Å². The van der Waals surface area contributed by atoms with E-state index in [9.17, 15) is 24.0 Å². The lowest BCUT2D eigenvalue weighted by Crippen LogP contribution is -2.54. The first-order valence-electron chi connectivity index (χ1n) is 20.4. The van der Waals surface area contributed by atoms with Crippen LogP contribution in [0.1, 0.15) is 82.3 Å². The van der Waals surface area contributed by atoms with Crippen molar-refractivity contribution in [2.45, 2.75) is 64.1 Å². The molecule has 0 radical (unpaired) electrons. The van der Waals surface area contributed by atoms with E-state index in [4.69, 9.17) is 4.98 Å². The first-order chi connectivity index (χ1) is 27.7. The molecule has 1 aromatic heterocycles. The summed E-state index contributed by atoms with van der Waals surface area (Å²) in [5.74, 6) is -0.532. The Kier molecular flexibility index (Phi) is 9.99. The molecule has 14 heteroatoms. The van der Waals surface area contributed by atoms with E-state index in [-0.39, 0.29) is 24.7 Å². The zero-order chi connectivity index (χ0) is 39.2. The van der Waals surface area contributed by atoms with Crippen molar-refractivity contribution in [3.63, 3.8) is 0 Å². The molecule has 14 nitrogen and oxygen atoms in total. The largest absolute Gasteiger partial charge is 0.372 e. The summed E-state index contributed by atoms with van der Waals surface area (Å²) in [6.07, 6.45) is 4.90. The Morgan fingerprint density at radius 2 is 1.53 bits per heavy atom. The fraction of sp³-hybridized carbons (Fsp3) is 0.442. The second-order valence-electron chi connectivity index (χ2n) is 16.3. The third-order valence-electron chi connectivity index (χ3n) is 12.6. The van der Waals surface area contributed by atoms with Gasteiger partial charge in [-0.15, -0.1) is 0 Å². The molecule has 5 aliphatic heterocycles. The molecule has 4 aromatic rings. The number of H-pyrrole nitrogens is 1. The highest BCUT2D eigenvalue weighted by Crippen LogP contribution is 2.32. The minimum Gasteiger partial charge on any atom is -0.372 e. The van der Waals surface area contributed by atoms with Crippen LogP contribution in [0.3, 0.4) is 0 Å². The number of aromatic amines is 1. The summed E-state index contributed by atoms with van der Waals surface area (Å²) in [6.45, 7) is 10.6. The van der Waals surface area contributed by atoms with Crippen molar-refractivity contribution >= 4 is 57.6 Å². The van der Waals surface area contributed by atoms with Crippen LogP contribution in [-0.4, -0.2) is 119 Å². The van der Waals surface area contributed by atoms with Gasteiger partial charge < -0.3 is 20.1 Å². The summed E-state index contributed by atoms with van der Waals surface area (Å²) in [5, 5.41) is 5.30. The van der Waals surface area contributed by atoms with Crippen LogP contribution < -0.4 is 20.4 Å². The van der Waals surface area contributed by atoms with E-state index in [1.807, 2.05) is 48.5 Å². The molecule has 1 unspecified atom stereocenters. The van der Waals surface area contributed by atoms with E-state index in [1.54, 1.807) is 12.1 Å². The summed E-state index contributed by atoms with van der Waals surface area (Å²) >= 11 is 0. The molecule has 0 saturated carbocycles. The number of imide groups is 2. The molecule has 4 fully saturated rings. The van der Waals surface area contributed by atoms with Gasteiger partial charge in [0.25, 0.3) is 17.7 Å². The number of hydrogen-bond acceptors (Lipinski definition) is 10. The molecule has 3 N–H and O–H groups in total. The fourth-order valence-corrected chi connectivity index (χ4v) is 9.24. The molecule has 0 spiro atoms. The molecule has 0 bridgehead atoms. The number of anilines is 3. The average molecular weight is 772 g/mol. The number of amides is 5. The number of carbonyl (C=O) groups excluding carboxylic acids is 5. The maximum atomic E-state index is 13.3. The number of likely N-dealkylation sites (tertiary alicyclic amines) is 1. The predicted octanol–water partition coefficient (Wildman–Crippen LogP) is 4.24. The van der Waals surface area contributed by atoms with Crippen LogP contribution >= 0.6 is 0 Å². The number of piperazine rings is 1. The molecule has 5 aliphatic rings. The van der Waals surface area contributed by atoms with Gasteiger partial charge in [-0.3, -0.25) is 44.0 Å². The van der Waals surface area contributed by atoms with Gasteiger partial charge in [0.15, 0.2) is 0 Å². The summed E-state index contributed by atoms with van der Waals surface area (Å²) in [5.41, 5.74) is 5.81. The number of aromatic nitrogens is 2. The number of carbonyl (C=O) groups is 5. The summed E-state index contributed by atoms with van der Waals surface area (Å²) in [7, 11) is 0. The van der Waals surface area contributed by atoms with E-state index in [1.165, 1.54) is 12.8 Å². The quantitative estimate of drug-likeness (QED) is 0.211. The normalized spacial score (nSPS) is 22.4. The maximum absolute atomic E-state index is 13.3. The van der Waals surface area contributed by atoms with E-state index in [0.717, 1.165) is 111 Å². The summed E-state index contributed by atoms with van der Waals surface area (Å²) in [4.78, 5) is 82.6. The summed E-state index contributed by atoms with van der Waals surface area (Å²) < 4.78 is 0. The Bertz CT molecular complexity index is 2220. The van der Waals surface area contributed by atoms with Gasteiger partial charge >= 0.3 is 0 Å². The number of fused-ring (bicyclic) bond motifs is 2. The average Bonchev–Trinajstić information content (AvgIpc) is 3.89. The molecular weight excluding hydrogens is 723 g/mol. The maximum Gasteiger partial charge on any atom is 0.262 e. The van der Waals surface area contributed by atoms with Crippen LogP contribution in [-0.2, 0) is 16.1 Å². The monoisotopic (exact) mass is 771 g/mol. The van der Waals surface area contributed by atoms with Gasteiger partial charge in [0, 0.05) is 80.9 Å². The van der Waals surface area contributed by atoms with Crippen LogP contribution in [0, 0.1) is 5.92 Å². The first-order valence-corrected chi connectivity index (χ1v) is 20.4. The number of hydrogen-bond donors (Lipinski definition) is 3. The zero-order valence-electron chi connectivity index (χ0n) is 32.3. The Morgan fingerprint density at radius 3 is 2.26 bits per heavy atom. The molecule has 57 heavy (non-hydrogen) atoms. The van der Waals surface area contributed by atoms with Gasteiger partial charge in [-0.2, -0.15) is 0 Å². The van der Waals surface area contributed by atoms with Gasteiger partial charge in [-0.05, 0) is 112 Å². The number of imidazole rings is 1. The van der Waals surface area contributed by atoms with Crippen molar-refractivity contribution in [3.8, 4) is 0 Å². The van der Waals surface area contributed by atoms with E-state index >= 15 is 0 Å². The van der Waals surface area contributed by atoms with Crippen molar-refractivity contribution in [2.24, 2.45) is 5.92 Å². The smallest absolute Gasteiger partial charge is 0.262 e. The van der Waals surface area contributed by atoms with Gasteiger partial charge in [0.05, 0.1) is 28.7 Å². The van der Waals surface area contributed by atoms with Gasteiger partial charge in [0.1, 0.15) is 11.9 Å². The second-order valence-corrected chi connectivity index (χ2v) is 16.3. The summed E-state index contributed by atoms with van der Waals surface area (Å²) in [6, 6.07) is 18.7. The third-order valence-corrected chi connectivity index (χ3v) is 12.6. The Labute approximate surface area is 331 Å². The van der Waals surface area contributed by atoms with Crippen LogP contribution in [0.4, 0.5) is 17.1 Å². The van der Waals surface area contributed by atoms with Crippen LogP contribution in [0.25, 0.3) is 11.0 Å². The Hall–Kier alpha value is -5.60. The lowest BCUT2D eigenvalue weighted by molar-refractivity contribution is -0.136.